The molecule has 1 fully saturated rings. The Bertz CT molecular complexity index is 358. The van der Waals surface area contributed by atoms with Crippen LogP contribution in [0.4, 0.5) is 0 Å². The molecule has 94 valence electrons. The Balaban J connectivity index is 2.07. The van der Waals surface area contributed by atoms with Gasteiger partial charge in [0.05, 0.1) is 0 Å². The van der Waals surface area contributed by atoms with E-state index in [2.05, 4.69) is 55.5 Å². The topological polar surface area (TPSA) is 15.3 Å². The molecule has 0 aromatic heterocycles. The van der Waals surface area contributed by atoms with Crippen LogP contribution < -0.4 is 5.32 Å². The van der Waals surface area contributed by atoms with Crippen molar-refractivity contribution in [3.05, 3.63) is 35.4 Å². The highest BCUT2D eigenvalue weighted by Gasteiger charge is 2.34. The van der Waals surface area contributed by atoms with Crippen molar-refractivity contribution < 1.29 is 0 Å². The van der Waals surface area contributed by atoms with Gasteiger partial charge in [-0.15, -0.1) is 0 Å². The molecule has 1 unspecified atom stereocenters. The maximum absolute atomic E-state index is 3.54. The zero-order valence-electron chi connectivity index (χ0n) is 11.3. The van der Waals surface area contributed by atoms with E-state index >= 15 is 0 Å². The number of likely N-dealkylation sites (tertiary alicyclic amines) is 1. The number of benzene rings is 1. The van der Waals surface area contributed by atoms with Gasteiger partial charge in [0.15, 0.2) is 0 Å². The smallest absolute Gasteiger partial charge is 0.0358 e. The molecule has 1 aliphatic rings. The number of rotatable bonds is 4. The molecule has 0 radical (unpaired) electrons. The first-order valence-electron chi connectivity index (χ1n) is 6.63. The van der Waals surface area contributed by atoms with Crippen LogP contribution in [-0.2, 0) is 12.8 Å². The largest absolute Gasteiger partial charge is 0.313 e. The van der Waals surface area contributed by atoms with Crippen LogP contribution in [-0.4, -0.2) is 37.6 Å². The van der Waals surface area contributed by atoms with Crippen molar-refractivity contribution in [1.29, 1.82) is 0 Å². The Morgan fingerprint density at radius 2 is 1.88 bits per heavy atom. The van der Waals surface area contributed by atoms with E-state index < -0.39 is 0 Å². The van der Waals surface area contributed by atoms with Crippen molar-refractivity contribution in [1.82, 2.24) is 10.2 Å². The van der Waals surface area contributed by atoms with Gasteiger partial charge in [-0.25, -0.2) is 0 Å². The second-order valence-electron chi connectivity index (χ2n) is 5.36. The molecule has 0 bridgehead atoms. The summed E-state index contributed by atoms with van der Waals surface area (Å²) in [7, 11) is 4.30. The van der Waals surface area contributed by atoms with Crippen LogP contribution in [0.15, 0.2) is 24.3 Å². The van der Waals surface area contributed by atoms with Gasteiger partial charge < -0.3 is 10.2 Å². The van der Waals surface area contributed by atoms with Crippen molar-refractivity contribution >= 4 is 0 Å². The van der Waals surface area contributed by atoms with Crippen molar-refractivity contribution in [2.75, 3.05) is 27.2 Å². The average Bonchev–Trinajstić information content (AvgIpc) is 2.72. The summed E-state index contributed by atoms with van der Waals surface area (Å²) in [5.74, 6) is 0. The summed E-state index contributed by atoms with van der Waals surface area (Å²) in [5, 5.41) is 3.54. The molecule has 17 heavy (non-hydrogen) atoms. The zero-order chi connectivity index (χ0) is 12.3. The van der Waals surface area contributed by atoms with E-state index in [9.17, 15) is 0 Å². The molecule has 0 aliphatic carbocycles. The molecule has 0 saturated carbocycles. The van der Waals surface area contributed by atoms with Crippen LogP contribution in [0.2, 0.25) is 0 Å². The highest BCUT2D eigenvalue weighted by atomic mass is 15.2. The average molecular weight is 232 g/mol. The molecule has 2 nitrogen and oxygen atoms in total. The minimum absolute atomic E-state index is 0.280. The molecule has 2 heteroatoms. The Labute approximate surface area is 105 Å². The summed E-state index contributed by atoms with van der Waals surface area (Å²) < 4.78 is 0. The molecule has 1 heterocycles. The normalized spacial score (nSPS) is 25.4. The first-order chi connectivity index (χ1) is 8.17. The lowest BCUT2D eigenvalue weighted by molar-refractivity contribution is 0.326. The molecule has 2 rings (SSSR count). The fourth-order valence-corrected chi connectivity index (χ4v) is 2.80. The van der Waals surface area contributed by atoms with Crippen LogP contribution in [0, 0.1) is 0 Å². The van der Waals surface area contributed by atoms with Crippen molar-refractivity contribution in [3.63, 3.8) is 0 Å². The van der Waals surface area contributed by atoms with Crippen LogP contribution in [0.3, 0.4) is 0 Å². The van der Waals surface area contributed by atoms with Gasteiger partial charge in [-0.2, -0.15) is 0 Å². The second-order valence-corrected chi connectivity index (χ2v) is 5.36. The molecular weight excluding hydrogens is 208 g/mol. The van der Waals surface area contributed by atoms with Gasteiger partial charge in [0.2, 0.25) is 0 Å². The quantitative estimate of drug-likeness (QED) is 0.855. The lowest BCUT2D eigenvalue weighted by Gasteiger charge is -2.29. The van der Waals surface area contributed by atoms with E-state index in [4.69, 9.17) is 0 Å². The third-order valence-corrected chi connectivity index (χ3v) is 4.05. The standard InChI is InChI=1S/C15H24N2/c1-4-13-5-7-14(8-6-13)11-15(16-2)9-10-17(3)12-15/h5-8,16H,4,9-12H2,1-3H3. The lowest BCUT2D eigenvalue weighted by atomic mass is 9.89. The fourth-order valence-electron chi connectivity index (χ4n) is 2.80. The van der Waals surface area contributed by atoms with Gasteiger partial charge in [0.25, 0.3) is 0 Å². The summed E-state index contributed by atoms with van der Waals surface area (Å²) in [6.45, 7) is 4.56. The number of hydrogen-bond acceptors (Lipinski definition) is 2. The predicted molar refractivity (Wildman–Crippen MR) is 73.4 cm³/mol. The third-order valence-electron chi connectivity index (χ3n) is 4.05. The summed E-state index contributed by atoms with van der Waals surface area (Å²) in [4.78, 5) is 2.41. The Morgan fingerprint density at radius 1 is 1.24 bits per heavy atom. The first kappa shape index (κ1) is 12.6. The van der Waals surface area contributed by atoms with E-state index in [1.807, 2.05) is 0 Å². The van der Waals surface area contributed by atoms with Crippen molar-refractivity contribution in [2.24, 2.45) is 0 Å². The summed E-state index contributed by atoms with van der Waals surface area (Å²) in [6.07, 6.45) is 3.51. The molecule has 1 aliphatic heterocycles. The predicted octanol–water partition coefficient (Wildman–Crippen LogP) is 2.09. The van der Waals surface area contributed by atoms with Crippen LogP contribution in [0.25, 0.3) is 0 Å². The molecule has 0 spiro atoms. The minimum atomic E-state index is 0.280. The number of nitrogens with zero attached hydrogens (tertiary/aromatic N) is 1. The Morgan fingerprint density at radius 3 is 2.35 bits per heavy atom. The van der Waals surface area contributed by atoms with E-state index in [0.29, 0.717) is 0 Å². The SMILES string of the molecule is CCc1ccc(CC2(NC)CCN(C)C2)cc1. The lowest BCUT2D eigenvalue weighted by Crippen LogP contribution is -2.47. The van der Waals surface area contributed by atoms with Gasteiger partial charge in [-0.05, 0) is 51.0 Å². The van der Waals surface area contributed by atoms with E-state index in [-0.39, 0.29) is 5.54 Å². The van der Waals surface area contributed by atoms with Crippen molar-refractivity contribution in [2.45, 2.75) is 31.7 Å². The maximum Gasteiger partial charge on any atom is 0.0358 e. The molecule has 1 atom stereocenters. The summed E-state index contributed by atoms with van der Waals surface area (Å²) >= 11 is 0. The van der Waals surface area contributed by atoms with Crippen LogP contribution in [0.1, 0.15) is 24.5 Å². The first-order valence-corrected chi connectivity index (χ1v) is 6.63. The molecule has 1 saturated heterocycles. The van der Waals surface area contributed by atoms with Gasteiger partial charge >= 0.3 is 0 Å². The van der Waals surface area contributed by atoms with E-state index in [0.717, 1.165) is 19.4 Å². The summed E-state index contributed by atoms with van der Waals surface area (Å²) in [6, 6.07) is 9.10. The van der Waals surface area contributed by atoms with Gasteiger partial charge in [-0.3, -0.25) is 0 Å². The monoisotopic (exact) mass is 232 g/mol. The number of hydrogen-bond donors (Lipinski definition) is 1. The van der Waals surface area contributed by atoms with E-state index in [1.165, 1.54) is 24.1 Å². The molecule has 1 aromatic carbocycles. The molecule has 1 aromatic rings. The Hall–Kier alpha value is -0.860. The van der Waals surface area contributed by atoms with Gasteiger partial charge in [-0.1, -0.05) is 31.2 Å². The van der Waals surface area contributed by atoms with E-state index in [1.54, 1.807) is 0 Å². The highest BCUT2D eigenvalue weighted by molar-refractivity contribution is 5.24. The van der Waals surface area contributed by atoms with Crippen LogP contribution in [0.5, 0.6) is 0 Å². The van der Waals surface area contributed by atoms with Crippen molar-refractivity contribution in [3.8, 4) is 0 Å². The number of nitrogens with one attached hydrogen (secondary N) is 1. The third kappa shape index (κ3) is 2.88. The maximum atomic E-state index is 3.54. The summed E-state index contributed by atoms with van der Waals surface area (Å²) in [5.41, 5.74) is 3.16. The van der Waals surface area contributed by atoms with Gasteiger partial charge in [0.1, 0.15) is 0 Å². The number of likely N-dealkylation sites (N-methyl/N-ethyl adjacent to an activating group) is 2. The zero-order valence-corrected chi connectivity index (χ0v) is 11.3. The van der Waals surface area contributed by atoms with Crippen LogP contribution >= 0.6 is 0 Å². The molecular formula is C15H24N2. The number of aryl methyl sites for hydroxylation is 1. The molecule has 1 N–H and O–H groups in total. The minimum Gasteiger partial charge on any atom is -0.313 e. The Kier molecular flexibility index (Phi) is 3.85. The highest BCUT2D eigenvalue weighted by Crippen LogP contribution is 2.24. The second kappa shape index (κ2) is 5.19. The van der Waals surface area contributed by atoms with Gasteiger partial charge in [0, 0.05) is 12.1 Å². The fraction of sp³-hybridized carbons (Fsp3) is 0.600. The molecule has 0 amide bonds.